The molecule has 27 heavy (non-hydrogen) atoms. The third-order valence-electron chi connectivity index (χ3n) is 2.74. The summed E-state index contributed by atoms with van der Waals surface area (Å²) in [6.07, 6.45) is -17.5. The summed E-state index contributed by atoms with van der Waals surface area (Å²) in [5.74, 6) is -18.8. The molecule has 1 aliphatic carbocycles. The van der Waals surface area contributed by atoms with Gasteiger partial charge in [0, 0.05) is 6.08 Å². The van der Waals surface area contributed by atoms with Gasteiger partial charge in [0.1, 0.15) is 13.2 Å². The van der Waals surface area contributed by atoms with E-state index in [0.717, 1.165) is 0 Å². The smallest absolute Gasteiger partial charge is 0.422 e. The standard InChI is InChI=1S/C11H7F13O3/c12-6(13)1-5(25-2-7(14,15)16)10(11(6,23)24,26-3-8(17,18)19)27-4-9(20,21)22/h1H,2-4H2. The summed E-state index contributed by atoms with van der Waals surface area (Å²) in [5.41, 5.74) is 0. The number of rotatable bonds is 6. The lowest BCUT2D eigenvalue weighted by molar-refractivity contribution is -0.388. The Balaban J connectivity index is 3.38. The van der Waals surface area contributed by atoms with E-state index in [-0.39, 0.29) is 0 Å². The maximum atomic E-state index is 13.9. The Labute approximate surface area is 140 Å². The molecule has 0 amide bonds. The fourth-order valence-corrected chi connectivity index (χ4v) is 1.75. The molecule has 0 aromatic heterocycles. The molecule has 160 valence electrons. The number of hydrogen-bond acceptors (Lipinski definition) is 3. The van der Waals surface area contributed by atoms with Crippen molar-refractivity contribution in [2.45, 2.75) is 36.2 Å². The highest BCUT2D eigenvalue weighted by molar-refractivity contribution is 5.30. The van der Waals surface area contributed by atoms with E-state index < -0.39 is 67.8 Å². The number of hydrogen-bond donors (Lipinski definition) is 0. The van der Waals surface area contributed by atoms with Crippen LogP contribution in [0.2, 0.25) is 0 Å². The highest BCUT2D eigenvalue weighted by Crippen LogP contribution is 2.56. The van der Waals surface area contributed by atoms with Gasteiger partial charge in [-0.25, -0.2) is 0 Å². The first kappa shape index (κ1) is 23.6. The first-order chi connectivity index (χ1) is 11.7. The fraction of sp³-hybridized carbons (Fsp3) is 0.818. The van der Waals surface area contributed by atoms with Gasteiger partial charge < -0.3 is 14.2 Å². The average molecular weight is 434 g/mol. The van der Waals surface area contributed by atoms with Crippen molar-refractivity contribution in [1.29, 1.82) is 0 Å². The molecule has 0 saturated carbocycles. The van der Waals surface area contributed by atoms with Gasteiger partial charge in [-0.05, 0) is 0 Å². The van der Waals surface area contributed by atoms with Gasteiger partial charge in [-0.2, -0.15) is 57.1 Å². The van der Waals surface area contributed by atoms with Gasteiger partial charge in [-0.1, -0.05) is 0 Å². The molecule has 0 unspecified atom stereocenters. The quantitative estimate of drug-likeness (QED) is 0.453. The lowest BCUT2D eigenvalue weighted by Crippen LogP contribution is -2.59. The second-order valence-corrected chi connectivity index (χ2v) is 5.03. The Morgan fingerprint density at radius 1 is 0.667 bits per heavy atom. The van der Waals surface area contributed by atoms with Gasteiger partial charge in [-0.3, -0.25) is 0 Å². The van der Waals surface area contributed by atoms with Crippen LogP contribution in [0.5, 0.6) is 0 Å². The summed E-state index contributed by atoms with van der Waals surface area (Å²) in [6, 6.07) is 0. The normalized spacial score (nSPS) is 21.9. The second kappa shape index (κ2) is 6.86. The summed E-state index contributed by atoms with van der Waals surface area (Å²) in [7, 11) is 0. The van der Waals surface area contributed by atoms with Crippen molar-refractivity contribution in [3.8, 4) is 0 Å². The third-order valence-corrected chi connectivity index (χ3v) is 2.74. The Hall–Kier alpha value is -1.45. The predicted molar refractivity (Wildman–Crippen MR) is 56.7 cm³/mol. The van der Waals surface area contributed by atoms with Gasteiger partial charge in [0.05, 0.1) is 0 Å². The predicted octanol–water partition coefficient (Wildman–Crippen LogP) is 4.59. The number of ether oxygens (including phenoxy) is 3. The average Bonchev–Trinajstić information content (AvgIpc) is 2.54. The van der Waals surface area contributed by atoms with E-state index in [4.69, 9.17) is 0 Å². The molecule has 0 bridgehead atoms. The maximum absolute atomic E-state index is 13.9. The molecule has 3 nitrogen and oxygen atoms in total. The minimum Gasteiger partial charge on any atom is -0.483 e. The molecule has 0 radical (unpaired) electrons. The molecular weight excluding hydrogens is 427 g/mol. The highest BCUT2D eigenvalue weighted by Gasteiger charge is 2.78. The van der Waals surface area contributed by atoms with E-state index >= 15 is 0 Å². The monoisotopic (exact) mass is 434 g/mol. The first-order valence-electron chi connectivity index (χ1n) is 6.32. The van der Waals surface area contributed by atoms with Crippen molar-refractivity contribution in [2.24, 2.45) is 0 Å². The maximum Gasteiger partial charge on any atom is 0.422 e. The Morgan fingerprint density at radius 3 is 1.37 bits per heavy atom. The molecule has 0 fully saturated rings. The summed E-state index contributed by atoms with van der Waals surface area (Å²) in [5, 5.41) is 0. The molecule has 1 rings (SSSR count). The van der Waals surface area contributed by atoms with E-state index in [2.05, 4.69) is 14.2 Å². The Bertz CT molecular complexity index is 539. The number of alkyl halides is 13. The van der Waals surface area contributed by atoms with Gasteiger partial charge in [0.2, 0.25) is 0 Å². The number of allylic oxidation sites excluding steroid dienone is 1. The van der Waals surface area contributed by atoms with Gasteiger partial charge in [0.15, 0.2) is 12.4 Å². The van der Waals surface area contributed by atoms with Crippen LogP contribution in [0.3, 0.4) is 0 Å². The van der Waals surface area contributed by atoms with Gasteiger partial charge in [0.25, 0.3) is 0 Å². The van der Waals surface area contributed by atoms with Crippen molar-refractivity contribution in [2.75, 3.05) is 19.8 Å². The van der Waals surface area contributed by atoms with Crippen LogP contribution in [0, 0.1) is 0 Å². The molecule has 0 heterocycles. The van der Waals surface area contributed by atoms with Crippen molar-refractivity contribution in [3.05, 3.63) is 11.8 Å². The molecule has 0 aromatic carbocycles. The SMILES string of the molecule is FC(F)(F)COC1=CC(F)(F)C(F)(F)C1(OCC(F)(F)F)OCC(F)(F)F. The van der Waals surface area contributed by atoms with Crippen LogP contribution < -0.4 is 0 Å². The van der Waals surface area contributed by atoms with Crippen molar-refractivity contribution >= 4 is 0 Å². The van der Waals surface area contributed by atoms with Crippen LogP contribution >= 0.6 is 0 Å². The molecule has 1 aliphatic rings. The summed E-state index contributed by atoms with van der Waals surface area (Å²) in [6.45, 7) is -8.32. The van der Waals surface area contributed by atoms with Gasteiger partial charge >= 0.3 is 36.2 Å². The molecule has 0 aromatic rings. The second-order valence-electron chi connectivity index (χ2n) is 5.03. The third kappa shape index (κ3) is 5.52. The van der Waals surface area contributed by atoms with E-state index in [0.29, 0.717) is 0 Å². The lowest BCUT2D eigenvalue weighted by Gasteiger charge is -2.37. The van der Waals surface area contributed by atoms with Crippen molar-refractivity contribution < 1.29 is 71.3 Å². The van der Waals surface area contributed by atoms with E-state index in [1.165, 1.54) is 0 Å². The molecule has 0 aliphatic heterocycles. The van der Waals surface area contributed by atoms with Crippen LogP contribution in [-0.4, -0.2) is 56.0 Å². The summed E-state index contributed by atoms with van der Waals surface area (Å²) in [4.78, 5) is 0. The molecule has 0 spiro atoms. The fourth-order valence-electron chi connectivity index (χ4n) is 1.75. The van der Waals surface area contributed by atoms with Crippen LogP contribution in [-0.2, 0) is 14.2 Å². The molecule has 0 saturated heterocycles. The van der Waals surface area contributed by atoms with Crippen molar-refractivity contribution in [3.63, 3.8) is 0 Å². The Kier molecular flexibility index (Phi) is 5.99. The highest BCUT2D eigenvalue weighted by atomic mass is 19.4. The molecule has 0 N–H and O–H groups in total. The molecule has 0 atom stereocenters. The van der Waals surface area contributed by atoms with Crippen LogP contribution in [0.15, 0.2) is 11.8 Å². The minimum atomic E-state index is -5.97. The zero-order valence-corrected chi connectivity index (χ0v) is 12.3. The summed E-state index contributed by atoms with van der Waals surface area (Å²) >= 11 is 0. The van der Waals surface area contributed by atoms with Crippen LogP contribution in [0.1, 0.15) is 0 Å². The minimum absolute atomic E-state index is 1.09. The van der Waals surface area contributed by atoms with E-state index in [9.17, 15) is 57.1 Å². The van der Waals surface area contributed by atoms with Crippen LogP contribution in [0.25, 0.3) is 0 Å². The van der Waals surface area contributed by atoms with E-state index in [1.807, 2.05) is 0 Å². The zero-order valence-electron chi connectivity index (χ0n) is 12.3. The zero-order chi connectivity index (χ0) is 21.5. The Morgan fingerprint density at radius 2 is 1.04 bits per heavy atom. The largest absolute Gasteiger partial charge is 0.483 e. The van der Waals surface area contributed by atoms with Gasteiger partial charge in [-0.15, -0.1) is 0 Å². The first-order valence-corrected chi connectivity index (χ1v) is 6.32. The summed E-state index contributed by atoms with van der Waals surface area (Å²) < 4.78 is 175. The van der Waals surface area contributed by atoms with Crippen molar-refractivity contribution in [1.82, 2.24) is 0 Å². The lowest BCUT2D eigenvalue weighted by atomic mass is 10.1. The number of halogens is 13. The van der Waals surface area contributed by atoms with E-state index in [1.54, 1.807) is 0 Å². The molecular formula is C11H7F13O3. The molecule has 16 heteroatoms. The topological polar surface area (TPSA) is 27.7 Å². The van der Waals surface area contributed by atoms with Crippen LogP contribution in [0.4, 0.5) is 57.1 Å².